The molecule has 0 unspecified atom stereocenters. The molecule has 4 nitrogen and oxygen atoms in total. The third-order valence-electron chi connectivity index (χ3n) is 5.30. The highest BCUT2D eigenvalue weighted by atomic mass is 16.5. The van der Waals surface area contributed by atoms with Gasteiger partial charge in [-0.25, -0.2) is 4.79 Å². The van der Waals surface area contributed by atoms with Gasteiger partial charge in [-0.3, -0.25) is 4.99 Å². The lowest BCUT2D eigenvalue weighted by Gasteiger charge is -2.06. The van der Waals surface area contributed by atoms with Crippen LogP contribution in [0.1, 0.15) is 87.1 Å². The van der Waals surface area contributed by atoms with Crippen molar-refractivity contribution in [3.05, 3.63) is 59.7 Å². The van der Waals surface area contributed by atoms with Crippen molar-refractivity contribution in [1.82, 2.24) is 0 Å². The summed E-state index contributed by atoms with van der Waals surface area (Å²) in [5, 5.41) is 0. The fourth-order valence-electron chi connectivity index (χ4n) is 3.38. The third kappa shape index (κ3) is 10.3. The average Bonchev–Trinajstić information content (AvgIpc) is 2.82. The number of hydrogen-bond acceptors (Lipinski definition) is 4. The highest BCUT2D eigenvalue weighted by Crippen LogP contribution is 2.16. The Bertz CT molecular complexity index is 766. The molecule has 0 aliphatic heterocycles. The molecule has 0 atom stereocenters. The Morgan fingerprint density at radius 1 is 0.806 bits per heavy atom. The molecule has 31 heavy (non-hydrogen) atoms. The number of nitrogens with zero attached hydrogens (tertiary/aromatic N) is 1. The van der Waals surface area contributed by atoms with Crippen molar-refractivity contribution in [2.75, 3.05) is 13.7 Å². The van der Waals surface area contributed by atoms with Gasteiger partial charge in [0, 0.05) is 6.21 Å². The van der Waals surface area contributed by atoms with E-state index in [-0.39, 0.29) is 5.97 Å². The minimum absolute atomic E-state index is 0.344. The van der Waals surface area contributed by atoms with Crippen LogP contribution < -0.4 is 4.74 Å². The van der Waals surface area contributed by atoms with Crippen LogP contribution in [0.2, 0.25) is 0 Å². The first-order valence-electron chi connectivity index (χ1n) is 11.7. The van der Waals surface area contributed by atoms with Gasteiger partial charge in [0.2, 0.25) is 0 Å². The Labute approximate surface area is 187 Å². The van der Waals surface area contributed by atoms with Gasteiger partial charge in [-0.1, -0.05) is 64.7 Å². The van der Waals surface area contributed by atoms with Crippen molar-refractivity contribution in [1.29, 1.82) is 0 Å². The Kier molecular flexibility index (Phi) is 12.1. The molecule has 0 saturated carbocycles. The van der Waals surface area contributed by atoms with Crippen LogP contribution >= 0.6 is 0 Å². The van der Waals surface area contributed by atoms with Crippen molar-refractivity contribution < 1.29 is 14.3 Å². The van der Waals surface area contributed by atoms with E-state index < -0.39 is 0 Å². The van der Waals surface area contributed by atoms with E-state index in [0.717, 1.165) is 30.0 Å². The molecule has 0 aromatic heterocycles. The number of carbonyl (C=O) groups excluding carboxylic acids is 1. The molecular formula is C27H37NO3. The normalized spacial score (nSPS) is 11.0. The van der Waals surface area contributed by atoms with E-state index in [1.807, 2.05) is 24.3 Å². The fraction of sp³-hybridized carbons (Fsp3) is 0.481. The number of ether oxygens (including phenoxy) is 2. The van der Waals surface area contributed by atoms with Crippen molar-refractivity contribution >= 4 is 17.9 Å². The van der Waals surface area contributed by atoms with Crippen molar-refractivity contribution in [2.24, 2.45) is 4.99 Å². The summed E-state index contributed by atoms with van der Waals surface area (Å²) in [5.74, 6) is 0.555. The van der Waals surface area contributed by atoms with Gasteiger partial charge < -0.3 is 9.47 Å². The summed E-state index contributed by atoms with van der Waals surface area (Å²) in [5.41, 5.74) is 2.31. The van der Waals surface area contributed by atoms with E-state index in [4.69, 9.17) is 9.47 Å². The molecule has 0 amide bonds. The van der Waals surface area contributed by atoms with Crippen LogP contribution in [0, 0.1) is 0 Å². The smallest absolute Gasteiger partial charge is 0.337 e. The standard InChI is InChI=1S/C27H37NO3/c1-3-4-5-6-7-8-9-10-11-12-21-31-26-19-13-23(14-20-26)22-28-25-17-15-24(16-18-25)27(29)30-2/h13-20,22H,3-12,21H2,1-2H3. The van der Waals surface area contributed by atoms with Crippen LogP contribution in [0.3, 0.4) is 0 Å². The second-order valence-corrected chi connectivity index (χ2v) is 7.90. The van der Waals surface area contributed by atoms with Gasteiger partial charge >= 0.3 is 5.97 Å². The van der Waals surface area contributed by atoms with Crippen molar-refractivity contribution in [3.8, 4) is 5.75 Å². The van der Waals surface area contributed by atoms with E-state index >= 15 is 0 Å². The van der Waals surface area contributed by atoms with Gasteiger partial charge in [0.15, 0.2) is 0 Å². The third-order valence-corrected chi connectivity index (χ3v) is 5.30. The summed E-state index contributed by atoms with van der Waals surface area (Å²) >= 11 is 0. The molecule has 2 rings (SSSR count). The summed E-state index contributed by atoms with van der Waals surface area (Å²) in [6.07, 6.45) is 15.1. The molecule has 0 bridgehead atoms. The fourth-order valence-corrected chi connectivity index (χ4v) is 3.38. The number of rotatable bonds is 15. The minimum atomic E-state index is -0.344. The molecule has 2 aromatic carbocycles. The Balaban J connectivity index is 1.60. The van der Waals surface area contributed by atoms with Gasteiger partial charge in [-0.15, -0.1) is 0 Å². The van der Waals surface area contributed by atoms with Crippen LogP contribution in [0.25, 0.3) is 0 Å². The molecular weight excluding hydrogens is 386 g/mol. The lowest BCUT2D eigenvalue weighted by Crippen LogP contribution is -1.99. The highest BCUT2D eigenvalue weighted by Gasteiger charge is 2.03. The first-order chi connectivity index (χ1) is 15.2. The van der Waals surface area contributed by atoms with E-state index in [1.165, 1.54) is 64.9 Å². The average molecular weight is 424 g/mol. The number of hydrogen-bond donors (Lipinski definition) is 0. The largest absolute Gasteiger partial charge is 0.494 e. The predicted octanol–water partition coefficient (Wildman–Crippen LogP) is 7.52. The summed E-state index contributed by atoms with van der Waals surface area (Å²) < 4.78 is 10.6. The zero-order valence-corrected chi connectivity index (χ0v) is 19.1. The molecule has 2 aromatic rings. The number of unbranched alkanes of at least 4 members (excludes halogenated alkanes) is 9. The molecule has 0 aliphatic rings. The molecule has 4 heteroatoms. The van der Waals surface area contributed by atoms with Crippen LogP contribution in [-0.4, -0.2) is 25.9 Å². The maximum Gasteiger partial charge on any atom is 0.337 e. The van der Waals surface area contributed by atoms with Gasteiger partial charge in [0.05, 0.1) is 25.0 Å². The van der Waals surface area contributed by atoms with Gasteiger partial charge in [0.25, 0.3) is 0 Å². The summed E-state index contributed by atoms with van der Waals surface area (Å²) in [4.78, 5) is 15.9. The number of benzene rings is 2. The maximum absolute atomic E-state index is 11.5. The summed E-state index contributed by atoms with van der Waals surface area (Å²) in [7, 11) is 1.37. The molecule has 0 aliphatic carbocycles. The molecule has 168 valence electrons. The lowest BCUT2D eigenvalue weighted by atomic mass is 10.1. The molecule has 0 saturated heterocycles. The molecule has 0 heterocycles. The van der Waals surface area contributed by atoms with E-state index in [0.29, 0.717) is 5.56 Å². The van der Waals surface area contributed by atoms with E-state index in [1.54, 1.807) is 30.5 Å². The Morgan fingerprint density at radius 2 is 1.39 bits per heavy atom. The molecule has 0 spiro atoms. The van der Waals surface area contributed by atoms with Gasteiger partial charge in [-0.05, 0) is 60.5 Å². The molecule has 0 N–H and O–H groups in total. The summed E-state index contributed by atoms with van der Waals surface area (Å²) in [6.45, 7) is 3.04. The first kappa shape index (κ1) is 24.6. The van der Waals surface area contributed by atoms with Crippen LogP contribution in [0.5, 0.6) is 5.75 Å². The topological polar surface area (TPSA) is 47.9 Å². The summed E-state index contributed by atoms with van der Waals surface area (Å²) in [6, 6.07) is 15.0. The van der Waals surface area contributed by atoms with Gasteiger partial charge in [-0.2, -0.15) is 0 Å². The minimum Gasteiger partial charge on any atom is -0.494 e. The van der Waals surface area contributed by atoms with Crippen LogP contribution in [0.15, 0.2) is 53.5 Å². The second kappa shape index (κ2) is 15.2. The first-order valence-corrected chi connectivity index (χ1v) is 11.7. The highest BCUT2D eigenvalue weighted by molar-refractivity contribution is 5.90. The van der Waals surface area contributed by atoms with Crippen molar-refractivity contribution in [3.63, 3.8) is 0 Å². The number of methoxy groups -OCH3 is 1. The lowest BCUT2D eigenvalue weighted by molar-refractivity contribution is 0.0601. The van der Waals surface area contributed by atoms with Crippen LogP contribution in [-0.2, 0) is 4.74 Å². The van der Waals surface area contributed by atoms with E-state index in [9.17, 15) is 4.79 Å². The predicted molar refractivity (Wildman–Crippen MR) is 129 cm³/mol. The quantitative estimate of drug-likeness (QED) is 0.169. The van der Waals surface area contributed by atoms with Crippen LogP contribution in [0.4, 0.5) is 5.69 Å². The van der Waals surface area contributed by atoms with Crippen molar-refractivity contribution in [2.45, 2.75) is 71.1 Å². The number of esters is 1. The number of carbonyl (C=O) groups is 1. The molecule has 0 fully saturated rings. The zero-order chi connectivity index (χ0) is 22.2. The maximum atomic E-state index is 11.5. The Morgan fingerprint density at radius 3 is 1.97 bits per heavy atom. The second-order valence-electron chi connectivity index (χ2n) is 7.90. The van der Waals surface area contributed by atoms with E-state index in [2.05, 4.69) is 11.9 Å². The zero-order valence-electron chi connectivity index (χ0n) is 19.1. The van der Waals surface area contributed by atoms with Gasteiger partial charge in [0.1, 0.15) is 5.75 Å². The number of aliphatic imine (C=N–C) groups is 1. The SMILES string of the molecule is CCCCCCCCCCCCOc1ccc(C=Nc2ccc(C(=O)OC)cc2)cc1. The molecule has 0 radical (unpaired) electrons. The monoisotopic (exact) mass is 423 g/mol. The Hall–Kier alpha value is -2.62.